The van der Waals surface area contributed by atoms with Crippen molar-refractivity contribution in [2.24, 2.45) is 11.8 Å². The molecule has 2 unspecified atom stereocenters. The molecular weight excluding hydrogens is 436 g/mol. The highest BCUT2D eigenvalue weighted by Gasteiger charge is 2.14. The van der Waals surface area contributed by atoms with Gasteiger partial charge in [-0.25, -0.2) is 9.59 Å². The van der Waals surface area contributed by atoms with E-state index in [1.165, 1.54) is 11.1 Å². The molecule has 4 heteroatoms. The zero-order chi connectivity index (χ0) is 25.4. The van der Waals surface area contributed by atoms with Crippen molar-refractivity contribution >= 4 is 11.9 Å². The van der Waals surface area contributed by atoms with Crippen molar-refractivity contribution in [2.45, 2.75) is 60.3 Å². The second kappa shape index (κ2) is 12.3. The highest BCUT2D eigenvalue weighted by molar-refractivity contribution is 5.92. The lowest BCUT2D eigenvalue weighted by Gasteiger charge is -2.11. The molecule has 0 spiro atoms. The van der Waals surface area contributed by atoms with E-state index in [-0.39, 0.29) is 0 Å². The summed E-state index contributed by atoms with van der Waals surface area (Å²) in [6.45, 7) is 10.6. The van der Waals surface area contributed by atoms with Crippen LogP contribution in [-0.2, 0) is 12.8 Å². The third kappa shape index (κ3) is 7.54. The van der Waals surface area contributed by atoms with Crippen molar-refractivity contribution in [3.8, 4) is 11.5 Å². The smallest absolute Gasteiger partial charge is 0.343 e. The average Bonchev–Trinajstić information content (AvgIpc) is 2.86. The lowest BCUT2D eigenvalue weighted by atomic mass is 9.98. The van der Waals surface area contributed by atoms with Gasteiger partial charge in [-0.1, -0.05) is 64.8 Å². The van der Waals surface area contributed by atoms with Crippen molar-refractivity contribution in [3.05, 3.63) is 94.5 Å². The maximum absolute atomic E-state index is 12.6. The van der Waals surface area contributed by atoms with Crippen LogP contribution in [0.15, 0.2) is 66.7 Å². The van der Waals surface area contributed by atoms with Crippen LogP contribution in [-0.4, -0.2) is 11.9 Å². The molecule has 35 heavy (non-hydrogen) atoms. The monoisotopic (exact) mass is 472 g/mol. The first-order valence-electron chi connectivity index (χ1n) is 12.5. The van der Waals surface area contributed by atoms with Gasteiger partial charge in [0.15, 0.2) is 0 Å². The van der Waals surface area contributed by atoms with Gasteiger partial charge in [-0.15, -0.1) is 0 Å². The standard InChI is InChI=1S/C31H36O4/c1-6-21(3)18-24-8-12-26(13-9-24)30(32)34-28-16-17-29(23(5)20-28)35-31(33)27-14-10-25(11-15-27)19-22(4)7-2/h8-17,20-22H,6-7,18-19H2,1-5H3. The lowest BCUT2D eigenvalue weighted by Crippen LogP contribution is -2.11. The Morgan fingerprint density at radius 1 is 0.686 bits per heavy atom. The molecule has 0 aromatic heterocycles. The molecular formula is C31H36O4. The normalized spacial score (nSPS) is 12.6. The van der Waals surface area contributed by atoms with E-state index in [1.807, 2.05) is 31.2 Å². The first kappa shape index (κ1) is 26.2. The Labute approximate surface area is 209 Å². The van der Waals surface area contributed by atoms with Gasteiger partial charge in [0.2, 0.25) is 0 Å². The summed E-state index contributed by atoms with van der Waals surface area (Å²) in [5, 5.41) is 0. The minimum atomic E-state index is -0.415. The molecule has 3 rings (SSSR count). The Morgan fingerprint density at radius 2 is 1.14 bits per heavy atom. The number of aryl methyl sites for hydroxylation is 1. The minimum Gasteiger partial charge on any atom is -0.423 e. The van der Waals surface area contributed by atoms with E-state index in [2.05, 4.69) is 27.7 Å². The van der Waals surface area contributed by atoms with E-state index in [9.17, 15) is 9.59 Å². The fraction of sp³-hybridized carbons (Fsp3) is 0.355. The molecule has 3 aromatic carbocycles. The summed E-state index contributed by atoms with van der Waals surface area (Å²) in [5.41, 5.74) is 4.14. The quantitative estimate of drug-likeness (QED) is 0.225. The molecule has 0 saturated carbocycles. The van der Waals surface area contributed by atoms with Gasteiger partial charge in [0.25, 0.3) is 0 Å². The number of ether oxygens (including phenoxy) is 2. The SMILES string of the molecule is CCC(C)Cc1ccc(C(=O)Oc2ccc(OC(=O)c3ccc(CC(C)CC)cc3)c(C)c2)cc1. The van der Waals surface area contributed by atoms with Gasteiger partial charge >= 0.3 is 11.9 Å². The van der Waals surface area contributed by atoms with Gasteiger partial charge in [-0.05, 0) is 90.8 Å². The van der Waals surface area contributed by atoms with Crippen LogP contribution in [0, 0.1) is 18.8 Å². The minimum absolute atomic E-state index is 0.408. The van der Waals surface area contributed by atoms with Crippen LogP contribution < -0.4 is 9.47 Å². The lowest BCUT2D eigenvalue weighted by molar-refractivity contribution is 0.0718. The number of carbonyl (C=O) groups excluding carboxylic acids is 2. The highest BCUT2D eigenvalue weighted by atomic mass is 16.5. The molecule has 0 radical (unpaired) electrons. The summed E-state index contributed by atoms with van der Waals surface area (Å²) in [6, 6.07) is 20.1. The molecule has 0 aliphatic rings. The van der Waals surface area contributed by atoms with E-state index in [0.717, 1.165) is 25.7 Å². The first-order valence-corrected chi connectivity index (χ1v) is 12.5. The Bertz CT molecular complexity index is 1130. The fourth-order valence-electron chi connectivity index (χ4n) is 3.77. The van der Waals surface area contributed by atoms with Gasteiger partial charge in [0, 0.05) is 0 Å². The summed E-state index contributed by atoms with van der Waals surface area (Å²) in [4.78, 5) is 25.2. The Kier molecular flexibility index (Phi) is 9.25. The zero-order valence-electron chi connectivity index (χ0n) is 21.5. The fourth-order valence-corrected chi connectivity index (χ4v) is 3.77. The molecule has 0 aliphatic heterocycles. The predicted molar refractivity (Wildman–Crippen MR) is 140 cm³/mol. The maximum Gasteiger partial charge on any atom is 0.343 e. The highest BCUT2D eigenvalue weighted by Crippen LogP contribution is 2.25. The van der Waals surface area contributed by atoms with E-state index in [4.69, 9.17) is 9.47 Å². The van der Waals surface area contributed by atoms with Crippen LogP contribution >= 0.6 is 0 Å². The molecule has 0 N–H and O–H groups in total. The molecule has 0 heterocycles. The van der Waals surface area contributed by atoms with Crippen molar-refractivity contribution in [1.82, 2.24) is 0 Å². The molecule has 0 saturated heterocycles. The van der Waals surface area contributed by atoms with Gasteiger partial charge in [0.1, 0.15) is 11.5 Å². The summed E-state index contributed by atoms with van der Waals surface area (Å²) in [7, 11) is 0. The Hall–Kier alpha value is -3.40. The summed E-state index contributed by atoms with van der Waals surface area (Å²) < 4.78 is 11.1. The third-order valence-electron chi connectivity index (χ3n) is 6.50. The number of rotatable bonds is 10. The van der Waals surface area contributed by atoms with Crippen molar-refractivity contribution < 1.29 is 19.1 Å². The predicted octanol–water partition coefficient (Wildman–Crippen LogP) is 7.61. The molecule has 3 aromatic rings. The number of benzene rings is 3. The van der Waals surface area contributed by atoms with Crippen LogP contribution in [0.3, 0.4) is 0 Å². The van der Waals surface area contributed by atoms with Gasteiger partial charge in [0.05, 0.1) is 11.1 Å². The van der Waals surface area contributed by atoms with Crippen molar-refractivity contribution in [2.75, 3.05) is 0 Å². The summed E-state index contributed by atoms with van der Waals surface area (Å²) in [5.74, 6) is 1.24. The molecule has 2 atom stereocenters. The largest absolute Gasteiger partial charge is 0.423 e. The molecule has 184 valence electrons. The third-order valence-corrected chi connectivity index (χ3v) is 6.50. The van der Waals surface area contributed by atoms with Crippen molar-refractivity contribution in [3.63, 3.8) is 0 Å². The molecule has 0 bridgehead atoms. The second-order valence-corrected chi connectivity index (χ2v) is 9.54. The van der Waals surface area contributed by atoms with Gasteiger partial charge < -0.3 is 9.47 Å². The van der Waals surface area contributed by atoms with Crippen molar-refractivity contribution in [1.29, 1.82) is 0 Å². The van der Waals surface area contributed by atoms with Crippen LogP contribution in [0.25, 0.3) is 0 Å². The van der Waals surface area contributed by atoms with E-state index in [1.54, 1.807) is 42.5 Å². The average molecular weight is 473 g/mol. The number of hydrogen-bond donors (Lipinski definition) is 0. The Morgan fingerprint density at radius 3 is 1.57 bits per heavy atom. The van der Waals surface area contributed by atoms with Crippen LogP contribution in [0.2, 0.25) is 0 Å². The zero-order valence-corrected chi connectivity index (χ0v) is 21.5. The van der Waals surface area contributed by atoms with Crippen LogP contribution in [0.4, 0.5) is 0 Å². The van der Waals surface area contributed by atoms with Crippen LogP contribution in [0.5, 0.6) is 11.5 Å². The second-order valence-electron chi connectivity index (χ2n) is 9.54. The topological polar surface area (TPSA) is 52.6 Å². The van der Waals surface area contributed by atoms with E-state index >= 15 is 0 Å². The van der Waals surface area contributed by atoms with E-state index in [0.29, 0.717) is 40.0 Å². The Balaban J connectivity index is 1.60. The molecule has 0 aliphatic carbocycles. The number of esters is 2. The number of carbonyl (C=O) groups is 2. The molecule has 4 nitrogen and oxygen atoms in total. The maximum atomic E-state index is 12.6. The summed E-state index contributed by atoms with van der Waals surface area (Å²) in [6.07, 6.45) is 4.24. The first-order chi connectivity index (χ1) is 16.8. The number of hydrogen-bond acceptors (Lipinski definition) is 4. The van der Waals surface area contributed by atoms with Gasteiger partial charge in [-0.2, -0.15) is 0 Å². The summed E-state index contributed by atoms with van der Waals surface area (Å²) >= 11 is 0. The van der Waals surface area contributed by atoms with E-state index < -0.39 is 11.9 Å². The van der Waals surface area contributed by atoms with Gasteiger partial charge in [-0.3, -0.25) is 0 Å². The van der Waals surface area contributed by atoms with Crippen LogP contribution in [0.1, 0.15) is 77.9 Å². The molecule has 0 amide bonds. The molecule has 0 fully saturated rings.